The fraction of sp³-hybridized carbons (Fsp3) is 0.0577. The first-order valence-corrected chi connectivity index (χ1v) is 19.0. The molecule has 0 N–H and O–H groups in total. The Bertz CT molecular complexity index is 3030. The second-order valence-corrected chi connectivity index (χ2v) is 14.4. The molecule has 1 aromatic heterocycles. The van der Waals surface area contributed by atoms with Gasteiger partial charge in [-0.3, -0.25) is 4.98 Å². The van der Waals surface area contributed by atoms with Crippen molar-refractivity contribution in [1.82, 2.24) is 4.98 Å². The van der Waals surface area contributed by atoms with Gasteiger partial charge in [0.15, 0.2) is 5.84 Å². The molecule has 0 saturated carbocycles. The van der Waals surface area contributed by atoms with Crippen molar-refractivity contribution in [3.05, 3.63) is 205 Å². The van der Waals surface area contributed by atoms with Crippen molar-refractivity contribution in [2.45, 2.75) is 19.8 Å². The highest BCUT2D eigenvalue weighted by Gasteiger charge is 2.21. The van der Waals surface area contributed by atoms with E-state index in [4.69, 9.17) is 9.98 Å². The molecule has 3 nitrogen and oxygen atoms in total. The van der Waals surface area contributed by atoms with Crippen molar-refractivity contribution in [3.63, 3.8) is 0 Å². The highest BCUT2D eigenvalue weighted by Crippen LogP contribution is 2.39. The van der Waals surface area contributed by atoms with E-state index < -0.39 is 0 Å². The molecular weight excluding hydrogens is 667 g/mol. The highest BCUT2D eigenvalue weighted by molar-refractivity contribution is 6.27. The van der Waals surface area contributed by atoms with Crippen LogP contribution in [0.2, 0.25) is 0 Å². The Kier molecular flexibility index (Phi) is 8.18. The van der Waals surface area contributed by atoms with Crippen molar-refractivity contribution in [3.8, 4) is 22.3 Å². The van der Waals surface area contributed by atoms with Crippen LogP contribution in [-0.2, 0) is 0 Å². The third-order valence-corrected chi connectivity index (χ3v) is 11.0. The number of hydrogen-bond acceptors (Lipinski definition) is 3. The molecule has 0 radical (unpaired) electrons. The van der Waals surface area contributed by atoms with Crippen LogP contribution in [0.3, 0.4) is 0 Å². The van der Waals surface area contributed by atoms with E-state index in [0.717, 1.165) is 68.2 Å². The molecule has 0 aliphatic carbocycles. The van der Waals surface area contributed by atoms with Crippen LogP contribution in [0.5, 0.6) is 0 Å². The zero-order chi connectivity index (χ0) is 36.7. The Balaban J connectivity index is 1.22. The lowest BCUT2D eigenvalue weighted by molar-refractivity contribution is 1.00. The lowest BCUT2D eigenvalue weighted by Gasteiger charge is -2.20. The summed E-state index contributed by atoms with van der Waals surface area (Å²) in [5.41, 5.74) is 11.1. The number of aromatic nitrogens is 1. The number of hydrogen-bond donors (Lipinski definition) is 0. The molecule has 2 heterocycles. The SMILES string of the molecule is C\C1=C(c2ccc(-c3ccc4ccccc4c3)cc2-c2ccccc2)/N=C(c2cc3ccc4ccccc4c3c3cnccc23)\N=C(\c2ccccc2)CC1. The molecule has 3 heteroatoms. The standard InChI is InChI=1S/C52H37N3/c1-34-20-27-49(38-16-6-3-7-17-38)54-52(47-32-42-24-22-37-15-10-11-19-43(37)50(42)48-33-53-29-28-44(47)48)55-51(34)45-26-25-41(31-46(45)36-13-4-2-5-14-36)40-23-21-35-12-8-9-18-39(35)30-40/h2-19,21-26,28-33H,20,27H2,1H3/b51-34+,54-49+,55-52-. The van der Waals surface area contributed by atoms with Crippen molar-refractivity contribution >= 4 is 60.3 Å². The minimum Gasteiger partial charge on any atom is -0.264 e. The van der Waals surface area contributed by atoms with E-state index in [1.807, 2.05) is 12.4 Å². The average Bonchev–Trinajstić information content (AvgIpc) is 3.25. The number of rotatable bonds is 5. The Labute approximate surface area is 320 Å². The molecule has 55 heavy (non-hydrogen) atoms. The summed E-state index contributed by atoms with van der Waals surface area (Å²) < 4.78 is 0. The van der Waals surface area contributed by atoms with E-state index in [2.05, 4.69) is 182 Å². The van der Waals surface area contributed by atoms with E-state index in [1.165, 1.54) is 43.6 Å². The molecule has 9 aromatic rings. The third-order valence-electron chi connectivity index (χ3n) is 11.0. The highest BCUT2D eigenvalue weighted by atomic mass is 14.9. The molecule has 0 amide bonds. The minimum atomic E-state index is 0.705. The second-order valence-electron chi connectivity index (χ2n) is 14.4. The van der Waals surface area contributed by atoms with Crippen LogP contribution in [0.4, 0.5) is 0 Å². The number of aliphatic imine (C=N–C) groups is 2. The van der Waals surface area contributed by atoms with Gasteiger partial charge in [0, 0.05) is 28.9 Å². The largest absolute Gasteiger partial charge is 0.264 e. The maximum absolute atomic E-state index is 5.67. The van der Waals surface area contributed by atoms with Crippen molar-refractivity contribution in [2.75, 3.05) is 0 Å². The van der Waals surface area contributed by atoms with Gasteiger partial charge >= 0.3 is 0 Å². The topological polar surface area (TPSA) is 37.6 Å². The maximum atomic E-state index is 5.67. The van der Waals surface area contributed by atoms with Crippen molar-refractivity contribution in [2.24, 2.45) is 9.98 Å². The van der Waals surface area contributed by atoms with Gasteiger partial charge in [-0.1, -0.05) is 146 Å². The minimum absolute atomic E-state index is 0.705. The zero-order valence-electron chi connectivity index (χ0n) is 30.6. The van der Waals surface area contributed by atoms with Gasteiger partial charge in [-0.25, -0.2) is 9.98 Å². The Hall–Kier alpha value is -6.97. The first-order valence-electron chi connectivity index (χ1n) is 19.0. The number of fused-ring (bicyclic) bond motifs is 6. The summed E-state index contributed by atoms with van der Waals surface area (Å²) >= 11 is 0. The molecule has 1 aliphatic rings. The summed E-state index contributed by atoms with van der Waals surface area (Å²) in [6.07, 6.45) is 5.52. The van der Waals surface area contributed by atoms with Crippen LogP contribution in [0.15, 0.2) is 198 Å². The van der Waals surface area contributed by atoms with Gasteiger partial charge < -0.3 is 0 Å². The molecule has 8 aromatic carbocycles. The third kappa shape index (κ3) is 6.00. The summed E-state index contributed by atoms with van der Waals surface area (Å²) in [5.74, 6) is 0.705. The normalized spacial score (nSPS) is 16.7. The number of allylic oxidation sites excluding steroid dienone is 1. The van der Waals surface area contributed by atoms with Crippen LogP contribution in [0.1, 0.15) is 36.5 Å². The van der Waals surface area contributed by atoms with Gasteiger partial charge in [-0.2, -0.15) is 0 Å². The van der Waals surface area contributed by atoms with Gasteiger partial charge in [-0.15, -0.1) is 0 Å². The molecule has 10 rings (SSSR count). The smallest absolute Gasteiger partial charge is 0.160 e. The zero-order valence-corrected chi connectivity index (χ0v) is 30.6. The molecule has 0 bridgehead atoms. The fourth-order valence-electron chi connectivity index (χ4n) is 8.20. The molecule has 0 fully saturated rings. The van der Waals surface area contributed by atoms with E-state index >= 15 is 0 Å². The summed E-state index contributed by atoms with van der Waals surface area (Å²) in [4.78, 5) is 15.8. The molecule has 0 saturated heterocycles. The summed E-state index contributed by atoms with van der Waals surface area (Å²) in [5, 5.41) is 9.42. The number of benzene rings is 8. The Morgan fingerprint density at radius 2 is 1.09 bits per heavy atom. The molecule has 0 unspecified atom stereocenters. The van der Waals surface area contributed by atoms with Gasteiger partial charge in [0.05, 0.1) is 11.4 Å². The van der Waals surface area contributed by atoms with Crippen LogP contribution in [-0.4, -0.2) is 16.5 Å². The van der Waals surface area contributed by atoms with Gasteiger partial charge in [-0.05, 0) is 115 Å². The molecule has 260 valence electrons. The number of amidine groups is 1. The fourth-order valence-corrected chi connectivity index (χ4v) is 8.20. The van der Waals surface area contributed by atoms with Crippen LogP contribution >= 0.6 is 0 Å². The van der Waals surface area contributed by atoms with E-state index in [0.29, 0.717) is 5.84 Å². The van der Waals surface area contributed by atoms with Crippen LogP contribution in [0.25, 0.3) is 71.0 Å². The van der Waals surface area contributed by atoms with E-state index in [9.17, 15) is 0 Å². The van der Waals surface area contributed by atoms with Gasteiger partial charge in [0.2, 0.25) is 0 Å². The number of pyridine rings is 1. The monoisotopic (exact) mass is 703 g/mol. The van der Waals surface area contributed by atoms with Gasteiger partial charge in [0.25, 0.3) is 0 Å². The second kappa shape index (κ2) is 13.8. The average molecular weight is 704 g/mol. The molecule has 0 spiro atoms. The molecular formula is C52H37N3. The first kappa shape index (κ1) is 32.7. The maximum Gasteiger partial charge on any atom is 0.160 e. The van der Waals surface area contributed by atoms with Crippen LogP contribution in [0, 0.1) is 0 Å². The van der Waals surface area contributed by atoms with Crippen molar-refractivity contribution < 1.29 is 0 Å². The van der Waals surface area contributed by atoms with E-state index in [-0.39, 0.29) is 0 Å². The predicted octanol–water partition coefficient (Wildman–Crippen LogP) is 13.5. The van der Waals surface area contributed by atoms with Gasteiger partial charge in [0.1, 0.15) is 0 Å². The first-order chi connectivity index (χ1) is 27.2. The van der Waals surface area contributed by atoms with Crippen LogP contribution < -0.4 is 0 Å². The predicted molar refractivity (Wildman–Crippen MR) is 233 cm³/mol. The Morgan fingerprint density at radius 1 is 0.418 bits per heavy atom. The Morgan fingerprint density at radius 3 is 1.93 bits per heavy atom. The summed E-state index contributed by atoms with van der Waals surface area (Å²) in [6, 6.07) is 60.8. The molecule has 0 atom stereocenters. The summed E-state index contributed by atoms with van der Waals surface area (Å²) in [7, 11) is 0. The summed E-state index contributed by atoms with van der Waals surface area (Å²) in [6.45, 7) is 2.24. The quantitative estimate of drug-likeness (QED) is 0.164. The lowest BCUT2D eigenvalue weighted by Crippen LogP contribution is -2.11. The van der Waals surface area contributed by atoms with Crippen molar-refractivity contribution in [1.29, 1.82) is 0 Å². The number of nitrogens with zero attached hydrogens (tertiary/aromatic N) is 3. The molecule has 1 aliphatic heterocycles. The lowest BCUT2D eigenvalue weighted by atomic mass is 9.90. The van der Waals surface area contributed by atoms with E-state index in [1.54, 1.807) is 0 Å².